The van der Waals surface area contributed by atoms with Crippen molar-refractivity contribution in [1.29, 1.82) is 0 Å². The minimum absolute atomic E-state index is 0.145. The summed E-state index contributed by atoms with van der Waals surface area (Å²) in [6.07, 6.45) is 4.55. The van der Waals surface area contributed by atoms with Crippen molar-refractivity contribution >= 4 is 29.1 Å². The Morgan fingerprint density at radius 3 is 2.45 bits per heavy atom. The van der Waals surface area contributed by atoms with E-state index in [0.717, 1.165) is 28.8 Å². The Balaban J connectivity index is 1.45. The van der Waals surface area contributed by atoms with Crippen LogP contribution in [0.25, 0.3) is 11.0 Å². The topological polar surface area (TPSA) is 85.6 Å². The molecule has 9 nitrogen and oxygen atoms in total. The van der Waals surface area contributed by atoms with Gasteiger partial charge in [-0.05, 0) is 83.9 Å². The van der Waals surface area contributed by atoms with Gasteiger partial charge in [0.25, 0.3) is 0 Å². The van der Waals surface area contributed by atoms with Crippen LogP contribution in [-0.2, 0) is 4.74 Å². The van der Waals surface area contributed by atoms with Gasteiger partial charge in [0.05, 0.1) is 12.2 Å². The van der Waals surface area contributed by atoms with Gasteiger partial charge in [0.2, 0.25) is 5.88 Å². The molecule has 2 aromatic heterocycles. The molecule has 0 radical (unpaired) electrons. The van der Waals surface area contributed by atoms with Crippen molar-refractivity contribution in [2.45, 2.75) is 50.2 Å². The van der Waals surface area contributed by atoms with Crippen molar-refractivity contribution in [2.24, 2.45) is 0 Å². The van der Waals surface area contributed by atoms with Crippen LogP contribution in [0.3, 0.4) is 0 Å². The Hall–Kier alpha value is -2.85. The van der Waals surface area contributed by atoms with Crippen LogP contribution in [0.5, 0.6) is 11.6 Å². The molecule has 0 spiro atoms. The molecule has 1 aliphatic heterocycles. The number of nitrogens with zero attached hydrogens (tertiary/aromatic N) is 6. The SMILES string of the molecule is CN(C)Sc1ccc(Oc2ncnc3c2cnn3C2CCN(C(=O)OC(C)(C)C)CC2)cc1. The lowest BCUT2D eigenvalue weighted by Crippen LogP contribution is -2.42. The van der Waals surface area contributed by atoms with Gasteiger partial charge < -0.3 is 14.4 Å². The van der Waals surface area contributed by atoms with Crippen LogP contribution in [0.1, 0.15) is 39.7 Å². The van der Waals surface area contributed by atoms with Crippen LogP contribution in [0.15, 0.2) is 41.7 Å². The Bertz CT molecular complexity index is 1100. The largest absolute Gasteiger partial charge is 0.444 e. The maximum atomic E-state index is 12.4. The highest BCUT2D eigenvalue weighted by molar-refractivity contribution is 7.97. The van der Waals surface area contributed by atoms with Crippen LogP contribution in [0.2, 0.25) is 0 Å². The third-order valence-corrected chi connectivity index (χ3v) is 5.99. The highest BCUT2D eigenvalue weighted by atomic mass is 32.2. The fraction of sp³-hybridized carbons (Fsp3) is 0.478. The Morgan fingerprint density at radius 2 is 1.82 bits per heavy atom. The first-order chi connectivity index (χ1) is 15.7. The molecule has 33 heavy (non-hydrogen) atoms. The zero-order valence-electron chi connectivity index (χ0n) is 19.7. The lowest BCUT2D eigenvalue weighted by atomic mass is 10.1. The fourth-order valence-electron chi connectivity index (χ4n) is 3.70. The van der Waals surface area contributed by atoms with Gasteiger partial charge in [-0.1, -0.05) is 0 Å². The number of piperidine rings is 1. The molecule has 0 saturated carbocycles. The van der Waals surface area contributed by atoms with Crippen molar-refractivity contribution in [3.8, 4) is 11.6 Å². The second-order valence-corrected chi connectivity index (χ2v) is 10.6. The number of carbonyl (C=O) groups excluding carboxylic acids is 1. The van der Waals surface area contributed by atoms with E-state index in [2.05, 4.69) is 15.1 Å². The van der Waals surface area contributed by atoms with E-state index in [9.17, 15) is 4.79 Å². The number of hydrogen-bond acceptors (Lipinski definition) is 8. The normalized spacial score (nSPS) is 15.3. The first-order valence-electron chi connectivity index (χ1n) is 11.0. The average molecular weight is 471 g/mol. The summed E-state index contributed by atoms with van der Waals surface area (Å²) in [6, 6.07) is 8.03. The molecule has 1 saturated heterocycles. The van der Waals surface area contributed by atoms with Gasteiger partial charge >= 0.3 is 6.09 Å². The van der Waals surface area contributed by atoms with Crippen LogP contribution < -0.4 is 4.74 Å². The Labute approximate surface area is 198 Å². The molecule has 1 amide bonds. The third-order valence-electron chi connectivity index (χ3n) is 5.14. The lowest BCUT2D eigenvalue weighted by Gasteiger charge is -2.33. The Morgan fingerprint density at radius 1 is 1.12 bits per heavy atom. The van der Waals surface area contributed by atoms with E-state index >= 15 is 0 Å². The first kappa shape index (κ1) is 23.3. The van der Waals surface area contributed by atoms with E-state index in [1.807, 2.05) is 68.1 Å². The predicted molar refractivity (Wildman–Crippen MR) is 127 cm³/mol. The minimum Gasteiger partial charge on any atom is -0.444 e. The second kappa shape index (κ2) is 9.56. The van der Waals surface area contributed by atoms with Crippen molar-refractivity contribution in [3.63, 3.8) is 0 Å². The molecule has 0 bridgehead atoms. The smallest absolute Gasteiger partial charge is 0.410 e. The molecule has 4 rings (SSSR count). The molecular weight excluding hydrogens is 440 g/mol. The molecule has 1 fully saturated rings. The molecule has 1 aliphatic rings. The molecular formula is C23H30N6O3S. The average Bonchev–Trinajstić information content (AvgIpc) is 3.19. The van der Waals surface area contributed by atoms with Gasteiger partial charge in [-0.2, -0.15) is 5.10 Å². The maximum Gasteiger partial charge on any atom is 0.410 e. The summed E-state index contributed by atoms with van der Waals surface area (Å²) in [6.45, 7) is 6.87. The first-order valence-corrected chi connectivity index (χ1v) is 11.8. The zero-order valence-corrected chi connectivity index (χ0v) is 20.5. The predicted octanol–water partition coefficient (Wildman–Crippen LogP) is 4.76. The molecule has 0 atom stereocenters. The molecule has 3 heterocycles. The van der Waals surface area contributed by atoms with E-state index in [1.165, 1.54) is 6.33 Å². The summed E-state index contributed by atoms with van der Waals surface area (Å²) in [4.78, 5) is 24.0. The van der Waals surface area contributed by atoms with Gasteiger partial charge in [0.1, 0.15) is 23.1 Å². The van der Waals surface area contributed by atoms with Gasteiger partial charge in [0, 0.05) is 18.0 Å². The highest BCUT2D eigenvalue weighted by Crippen LogP contribution is 2.31. The minimum atomic E-state index is -0.495. The molecule has 3 aromatic rings. The number of rotatable bonds is 5. The number of aromatic nitrogens is 4. The zero-order chi connectivity index (χ0) is 23.6. The van der Waals surface area contributed by atoms with E-state index < -0.39 is 5.60 Å². The van der Waals surface area contributed by atoms with E-state index in [0.29, 0.717) is 24.7 Å². The number of amides is 1. The molecule has 10 heteroatoms. The van der Waals surface area contributed by atoms with Crippen molar-refractivity contribution < 1.29 is 14.3 Å². The van der Waals surface area contributed by atoms with Gasteiger partial charge in [-0.15, -0.1) is 0 Å². The molecule has 0 aliphatic carbocycles. The quantitative estimate of drug-likeness (QED) is 0.494. The number of carbonyl (C=O) groups is 1. The van der Waals surface area contributed by atoms with Crippen LogP contribution >= 0.6 is 11.9 Å². The highest BCUT2D eigenvalue weighted by Gasteiger charge is 2.29. The third kappa shape index (κ3) is 5.75. The standard InChI is InChI=1S/C23H30N6O3S/c1-23(2,3)32-22(30)28-12-10-16(11-13-28)29-20-19(14-26-29)21(25-15-24-20)31-17-6-8-18(9-7-17)33-27(4)5/h6-9,14-16H,10-13H2,1-5H3. The summed E-state index contributed by atoms with van der Waals surface area (Å²) < 4.78 is 15.5. The molecule has 0 unspecified atom stereocenters. The molecule has 176 valence electrons. The van der Waals surface area contributed by atoms with E-state index in [1.54, 1.807) is 23.0 Å². The summed E-state index contributed by atoms with van der Waals surface area (Å²) in [5.74, 6) is 1.18. The number of benzene rings is 1. The Kier molecular flexibility index (Phi) is 6.76. The fourth-order valence-corrected chi connectivity index (χ4v) is 4.38. The summed E-state index contributed by atoms with van der Waals surface area (Å²) in [5, 5.41) is 5.35. The van der Waals surface area contributed by atoms with E-state index in [-0.39, 0.29) is 12.1 Å². The van der Waals surface area contributed by atoms with Gasteiger partial charge in [0.15, 0.2) is 5.65 Å². The van der Waals surface area contributed by atoms with Crippen LogP contribution in [0.4, 0.5) is 4.79 Å². The number of fused-ring (bicyclic) bond motifs is 1. The number of likely N-dealkylation sites (tertiary alicyclic amines) is 1. The van der Waals surface area contributed by atoms with E-state index in [4.69, 9.17) is 9.47 Å². The lowest BCUT2D eigenvalue weighted by molar-refractivity contribution is 0.0186. The second-order valence-electron chi connectivity index (χ2n) is 9.18. The summed E-state index contributed by atoms with van der Waals surface area (Å²) in [7, 11) is 4.01. The molecule has 1 aromatic carbocycles. The van der Waals surface area contributed by atoms with Crippen molar-refractivity contribution in [2.75, 3.05) is 27.2 Å². The van der Waals surface area contributed by atoms with Crippen LogP contribution in [-0.4, -0.2) is 67.8 Å². The van der Waals surface area contributed by atoms with Crippen molar-refractivity contribution in [3.05, 3.63) is 36.8 Å². The maximum absolute atomic E-state index is 12.4. The van der Waals surface area contributed by atoms with Crippen molar-refractivity contribution in [1.82, 2.24) is 29.0 Å². The van der Waals surface area contributed by atoms with Crippen LogP contribution in [0, 0.1) is 0 Å². The number of ether oxygens (including phenoxy) is 2. The van der Waals surface area contributed by atoms with Gasteiger partial charge in [-0.25, -0.2) is 19.4 Å². The number of hydrogen-bond donors (Lipinski definition) is 0. The summed E-state index contributed by atoms with van der Waals surface area (Å²) in [5.41, 5.74) is 0.237. The monoisotopic (exact) mass is 470 g/mol. The molecule has 0 N–H and O–H groups in total. The summed E-state index contributed by atoms with van der Waals surface area (Å²) >= 11 is 1.65. The van der Waals surface area contributed by atoms with Gasteiger partial charge in [-0.3, -0.25) is 4.31 Å².